The van der Waals surface area contributed by atoms with Crippen LogP contribution in [-0.4, -0.2) is 26.9 Å². The molecule has 74 valence electrons. The molecule has 1 atom stereocenters. The van der Waals surface area contributed by atoms with Gasteiger partial charge in [0.15, 0.2) is 0 Å². The molecule has 1 aromatic heterocycles. The summed E-state index contributed by atoms with van der Waals surface area (Å²) in [5, 5.41) is 12.5. The Balaban J connectivity index is 2.60. The van der Waals surface area contributed by atoms with Crippen molar-refractivity contribution in [3.8, 4) is 12.3 Å². The monoisotopic (exact) mass is 193 g/mol. The van der Waals surface area contributed by atoms with Crippen molar-refractivity contribution in [1.82, 2.24) is 9.78 Å². The van der Waals surface area contributed by atoms with E-state index in [1.54, 1.807) is 17.1 Å². The first-order valence-electron chi connectivity index (χ1n) is 4.06. The lowest BCUT2D eigenvalue weighted by Gasteiger charge is -2.02. The summed E-state index contributed by atoms with van der Waals surface area (Å²) in [4.78, 5) is 10.5. The fourth-order valence-corrected chi connectivity index (χ4v) is 1.03. The maximum atomic E-state index is 10.5. The topological polar surface area (TPSA) is 81.1 Å². The van der Waals surface area contributed by atoms with Crippen molar-refractivity contribution >= 4 is 5.97 Å². The Bertz CT molecular complexity index is 364. The Morgan fingerprint density at radius 2 is 2.57 bits per heavy atom. The second-order valence-electron chi connectivity index (χ2n) is 2.90. The molecule has 0 radical (unpaired) electrons. The summed E-state index contributed by atoms with van der Waals surface area (Å²) in [6, 6.07) is -0.890. The van der Waals surface area contributed by atoms with Crippen LogP contribution in [0.2, 0.25) is 0 Å². The molecule has 0 aliphatic carbocycles. The summed E-state index contributed by atoms with van der Waals surface area (Å²) < 4.78 is 1.56. The molecule has 0 spiro atoms. The molecule has 0 saturated heterocycles. The lowest BCUT2D eigenvalue weighted by Crippen LogP contribution is -2.32. The zero-order valence-corrected chi connectivity index (χ0v) is 7.55. The number of hydrogen-bond donors (Lipinski definition) is 2. The molecule has 14 heavy (non-hydrogen) atoms. The van der Waals surface area contributed by atoms with Crippen molar-refractivity contribution in [1.29, 1.82) is 0 Å². The summed E-state index contributed by atoms with van der Waals surface area (Å²) in [7, 11) is 0. The lowest BCUT2D eigenvalue weighted by atomic mass is 10.1. The number of carboxylic acid groups (broad SMARTS) is 1. The lowest BCUT2D eigenvalue weighted by molar-refractivity contribution is -0.138. The minimum absolute atomic E-state index is 0.264. The van der Waals surface area contributed by atoms with Gasteiger partial charge in [-0.2, -0.15) is 5.10 Å². The van der Waals surface area contributed by atoms with E-state index in [1.165, 1.54) is 0 Å². The molecule has 5 heteroatoms. The molecule has 0 amide bonds. The van der Waals surface area contributed by atoms with Gasteiger partial charge in [-0.25, -0.2) is 0 Å². The standard InChI is InChI=1S/C9H11N3O2/c1-2-3-12-6-7(5-11-12)4-8(10)9(13)14/h1,5-6,8H,3-4,10H2,(H,13,14). The largest absolute Gasteiger partial charge is 0.480 e. The number of rotatable bonds is 4. The maximum Gasteiger partial charge on any atom is 0.320 e. The van der Waals surface area contributed by atoms with E-state index >= 15 is 0 Å². The Morgan fingerprint density at radius 3 is 3.14 bits per heavy atom. The quantitative estimate of drug-likeness (QED) is 0.630. The normalized spacial score (nSPS) is 12.0. The number of aliphatic carboxylic acids is 1. The van der Waals surface area contributed by atoms with Crippen molar-refractivity contribution in [2.45, 2.75) is 19.0 Å². The van der Waals surface area contributed by atoms with E-state index < -0.39 is 12.0 Å². The van der Waals surface area contributed by atoms with E-state index in [4.69, 9.17) is 17.3 Å². The highest BCUT2D eigenvalue weighted by molar-refractivity contribution is 5.73. The zero-order valence-electron chi connectivity index (χ0n) is 7.55. The molecular formula is C9H11N3O2. The summed E-state index contributed by atoms with van der Waals surface area (Å²) >= 11 is 0. The average Bonchev–Trinajstić information content (AvgIpc) is 2.53. The van der Waals surface area contributed by atoms with Crippen LogP contribution in [-0.2, 0) is 17.8 Å². The second-order valence-corrected chi connectivity index (χ2v) is 2.90. The Hall–Kier alpha value is -1.80. The smallest absolute Gasteiger partial charge is 0.320 e. The third kappa shape index (κ3) is 2.61. The minimum Gasteiger partial charge on any atom is -0.480 e. The van der Waals surface area contributed by atoms with Crippen LogP contribution < -0.4 is 5.73 Å². The third-order valence-electron chi connectivity index (χ3n) is 1.71. The third-order valence-corrected chi connectivity index (χ3v) is 1.71. The average molecular weight is 193 g/mol. The van der Waals surface area contributed by atoms with Crippen molar-refractivity contribution < 1.29 is 9.90 Å². The van der Waals surface area contributed by atoms with E-state index in [0.29, 0.717) is 6.54 Å². The Labute approximate surface area is 81.5 Å². The van der Waals surface area contributed by atoms with Crippen LogP contribution in [0.4, 0.5) is 0 Å². The molecule has 0 aliphatic rings. The van der Waals surface area contributed by atoms with Crippen LogP contribution in [0.5, 0.6) is 0 Å². The molecule has 1 unspecified atom stereocenters. The summed E-state index contributed by atoms with van der Waals surface area (Å²) in [6.45, 7) is 0.377. The van der Waals surface area contributed by atoms with Gasteiger partial charge in [0, 0.05) is 12.6 Å². The van der Waals surface area contributed by atoms with Gasteiger partial charge in [-0.05, 0) is 5.56 Å². The van der Waals surface area contributed by atoms with E-state index in [9.17, 15) is 4.79 Å². The minimum atomic E-state index is -1.02. The highest BCUT2D eigenvalue weighted by Gasteiger charge is 2.12. The number of aromatic nitrogens is 2. The number of carboxylic acids is 1. The molecule has 0 fully saturated rings. The first-order chi connectivity index (χ1) is 6.63. The van der Waals surface area contributed by atoms with Crippen molar-refractivity contribution in [2.75, 3.05) is 0 Å². The number of terminal acetylenes is 1. The van der Waals surface area contributed by atoms with E-state index in [-0.39, 0.29) is 6.42 Å². The predicted molar refractivity (Wildman–Crippen MR) is 50.4 cm³/mol. The van der Waals surface area contributed by atoms with Gasteiger partial charge in [-0.15, -0.1) is 6.42 Å². The Morgan fingerprint density at radius 1 is 1.86 bits per heavy atom. The second kappa shape index (κ2) is 4.44. The van der Waals surface area contributed by atoms with Gasteiger partial charge in [0.2, 0.25) is 0 Å². The van der Waals surface area contributed by atoms with Gasteiger partial charge in [0.25, 0.3) is 0 Å². The maximum absolute atomic E-state index is 10.5. The molecule has 0 bridgehead atoms. The van der Waals surface area contributed by atoms with Crippen LogP contribution >= 0.6 is 0 Å². The van der Waals surface area contributed by atoms with Gasteiger partial charge < -0.3 is 10.8 Å². The van der Waals surface area contributed by atoms with Gasteiger partial charge in [-0.3, -0.25) is 9.48 Å². The van der Waals surface area contributed by atoms with E-state index in [0.717, 1.165) is 5.56 Å². The van der Waals surface area contributed by atoms with E-state index in [2.05, 4.69) is 11.0 Å². The molecule has 1 aromatic rings. The van der Waals surface area contributed by atoms with Crippen molar-refractivity contribution in [2.24, 2.45) is 5.73 Å². The highest BCUT2D eigenvalue weighted by atomic mass is 16.4. The van der Waals surface area contributed by atoms with Crippen molar-refractivity contribution in [3.63, 3.8) is 0 Å². The summed E-state index contributed by atoms with van der Waals surface area (Å²) in [5.41, 5.74) is 6.13. The number of nitrogens with two attached hydrogens (primary N) is 1. The fraction of sp³-hybridized carbons (Fsp3) is 0.333. The van der Waals surface area contributed by atoms with Gasteiger partial charge in [-0.1, -0.05) is 5.92 Å². The van der Waals surface area contributed by atoms with Gasteiger partial charge in [0.1, 0.15) is 12.6 Å². The first kappa shape index (κ1) is 10.3. The van der Waals surface area contributed by atoms with Crippen LogP contribution in [0.25, 0.3) is 0 Å². The summed E-state index contributed by atoms with van der Waals surface area (Å²) in [6.07, 6.45) is 8.62. The van der Waals surface area contributed by atoms with Crippen LogP contribution in [0.1, 0.15) is 5.56 Å². The molecule has 5 nitrogen and oxygen atoms in total. The number of nitrogens with zero attached hydrogens (tertiary/aromatic N) is 2. The molecule has 0 saturated carbocycles. The number of hydrogen-bond acceptors (Lipinski definition) is 3. The van der Waals surface area contributed by atoms with Crippen LogP contribution in [0.3, 0.4) is 0 Å². The van der Waals surface area contributed by atoms with Crippen LogP contribution in [0.15, 0.2) is 12.4 Å². The summed E-state index contributed by atoms with van der Waals surface area (Å²) in [5.74, 6) is 1.41. The first-order valence-corrected chi connectivity index (χ1v) is 4.06. The molecule has 1 heterocycles. The van der Waals surface area contributed by atoms with Gasteiger partial charge in [0.05, 0.1) is 6.20 Å². The Kier molecular flexibility index (Phi) is 3.26. The molecular weight excluding hydrogens is 182 g/mol. The highest BCUT2D eigenvalue weighted by Crippen LogP contribution is 2.01. The molecule has 0 aliphatic heterocycles. The number of carbonyl (C=O) groups is 1. The predicted octanol–water partition coefficient (Wildman–Crippen LogP) is -0.529. The molecule has 1 rings (SSSR count). The molecule has 0 aromatic carbocycles. The van der Waals surface area contributed by atoms with Crippen LogP contribution in [0, 0.1) is 12.3 Å². The zero-order chi connectivity index (χ0) is 10.6. The fourth-order valence-electron chi connectivity index (χ4n) is 1.03. The van der Waals surface area contributed by atoms with E-state index in [1.807, 2.05) is 0 Å². The SMILES string of the molecule is C#CCn1cc(CC(N)C(=O)O)cn1. The van der Waals surface area contributed by atoms with Gasteiger partial charge >= 0.3 is 5.97 Å². The molecule has 3 N–H and O–H groups in total. The van der Waals surface area contributed by atoms with Crippen molar-refractivity contribution in [3.05, 3.63) is 18.0 Å².